The van der Waals surface area contributed by atoms with Gasteiger partial charge in [0.2, 0.25) is 0 Å². The molecule has 0 amide bonds. The molecule has 5 nitrogen and oxygen atoms in total. The number of carbonyl (C=O) groups is 1. The number of ketones is 1. The molecule has 5 aromatic rings. The normalized spacial score (nSPS) is 11.4. The fraction of sp³-hybridized carbons (Fsp3) is 0.214. The van der Waals surface area contributed by atoms with E-state index in [1.54, 1.807) is 10.8 Å². The molecule has 0 radical (unpaired) electrons. The van der Waals surface area contributed by atoms with E-state index in [2.05, 4.69) is 36.2 Å². The molecule has 2 aromatic carbocycles. The summed E-state index contributed by atoms with van der Waals surface area (Å²) < 4.78 is 2.29. The monoisotopic (exact) mass is 499 g/mol. The molecule has 0 bridgehead atoms. The molecule has 0 fully saturated rings. The Morgan fingerprint density at radius 1 is 1.06 bits per heavy atom. The number of thiophene rings is 1. The predicted octanol–water partition coefficient (Wildman–Crippen LogP) is 6.21. The number of nitrogens with zero attached hydrogens (tertiary/aromatic N) is 3. The summed E-state index contributed by atoms with van der Waals surface area (Å²) in [5, 5.41) is 1.41. The highest BCUT2D eigenvalue weighted by atomic mass is 32.2. The maximum atomic E-state index is 13.7. The van der Waals surface area contributed by atoms with Gasteiger partial charge in [-0.15, -0.1) is 11.3 Å². The third-order valence-corrected chi connectivity index (χ3v) is 8.18. The minimum Gasteiger partial charge on any atom is -0.293 e. The third-order valence-electron chi connectivity index (χ3n) is 6.12. The van der Waals surface area contributed by atoms with Gasteiger partial charge in [0.1, 0.15) is 9.53 Å². The average Bonchev–Trinajstić information content (AvgIpc) is 3.25. The van der Waals surface area contributed by atoms with E-state index < -0.39 is 0 Å². The Hall–Kier alpha value is -3.29. The van der Waals surface area contributed by atoms with Crippen molar-refractivity contribution in [3.8, 4) is 0 Å². The van der Waals surface area contributed by atoms with Crippen molar-refractivity contribution >= 4 is 49.3 Å². The van der Waals surface area contributed by atoms with Crippen LogP contribution in [-0.4, -0.2) is 26.1 Å². The number of rotatable bonds is 7. The summed E-state index contributed by atoms with van der Waals surface area (Å²) in [5.41, 5.74) is 5.54. The van der Waals surface area contributed by atoms with Crippen LogP contribution >= 0.6 is 23.1 Å². The Kier molecular flexibility index (Phi) is 6.54. The summed E-state index contributed by atoms with van der Waals surface area (Å²) in [6.45, 7) is 6.44. The molecule has 0 saturated carbocycles. The fourth-order valence-corrected chi connectivity index (χ4v) is 6.00. The van der Waals surface area contributed by atoms with Crippen molar-refractivity contribution in [2.24, 2.45) is 0 Å². The van der Waals surface area contributed by atoms with Crippen molar-refractivity contribution in [3.05, 3.63) is 99.0 Å². The van der Waals surface area contributed by atoms with E-state index in [1.807, 2.05) is 44.2 Å². The van der Waals surface area contributed by atoms with Crippen LogP contribution in [0.25, 0.3) is 20.4 Å². The molecule has 0 unspecified atom stereocenters. The van der Waals surface area contributed by atoms with E-state index in [0.29, 0.717) is 27.5 Å². The lowest BCUT2D eigenvalue weighted by Crippen LogP contribution is -2.23. The SMILES string of the molecule is CCc1ccc(Cn2c(SCC(=O)c3cc(C)ccc3C)nc3c(sc4ncccc43)c2=O)cc1. The van der Waals surface area contributed by atoms with Crippen molar-refractivity contribution in [2.75, 3.05) is 5.75 Å². The second-order valence-electron chi connectivity index (χ2n) is 8.62. The molecule has 3 aromatic heterocycles. The molecular weight excluding hydrogens is 474 g/mol. The lowest BCUT2D eigenvalue weighted by atomic mass is 10.0. The molecule has 7 heteroatoms. The minimum atomic E-state index is -0.0979. The van der Waals surface area contributed by atoms with Crippen LogP contribution in [0.4, 0.5) is 0 Å². The summed E-state index contributed by atoms with van der Waals surface area (Å²) >= 11 is 2.69. The standard InChI is InChI=1S/C28H25N3O2S2/c1-4-19-9-11-20(12-10-19)15-31-27(33)25-24(21-6-5-13-29-26(21)35-25)30-28(31)34-16-23(32)22-14-17(2)7-8-18(22)3/h5-14H,4,15-16H2,1-3H3. The van der Waals surface area contributed by atoms with Gasteiger partial charge in [0, 0.05) is 17.1 Å². The lowest BCUT2D eigenvalue weighted by molar-refractivity contribution is 0.102. The minimum absolute atomic E-state index is 0.0289. The van der Waals surface area contributed by atoms with Crippen molar-refractivity contribution < 1.29 is 4.79 Å². The summed E-state index contributed by atoms with van der Waals surface area (Å²) in [7, 11) is 0. The molecule has 5 rings (SSSR count). The molecule has 0 saturated heterocycles. The number of hydrogen-bond acceptors (Lipinski definition) is 6. The van der Waals surface area contributed by atoms with Gasteiger partial charge in [0.25, 0.3) is 5.56 Å². The molecule has 35 heavy (non-hydrogen) atoms. The first-order valence-electron chi connectivity index (χ1n) is 11.5. The van der Waals surface area contributed by atoms with Gasteiger partial charge in [0.15, 0.2) is 10.9 Å². The summed E-state index contributed by atoms with van der Waals surface area (Å²) in [5.74, 6) is 0.235. The molecule has 0 spiro atoms. The quantitative estimate of drug-likeness (QED) is 0.151. The van der Waals surface area contributed by atoms with Crippen LogP contribution in [0.2, 0.25) is 0 Å². The molecule has 0 aliphatic heterocycles. The van der Waals surface area contributed by atoms with Crippen LogP contribution in [0.15, 0.2) is 70.7 Å². The highest BCUT2D eigenvalue weighted by molar-refractivity contribution is 7.99. The topological polar surface area (TPSA) is 64.8 Å². The highest BCUT2D eigenvalue weighted by Gasteiger charge is 2.19. The van der Waals surface area contributed by atoms with Gasteiger partial charge in [-0.05, 0) is 55.2 Å². The van der Waals surface area contributed by atoms with E-state index >= 15 is 0 Å². The van der Waals surface area contributed by atoms with Crippen LogP contribution in [0.1, 0.15) is 39.5 Å². The number of hydrogen-bond donors (Lipinski definition) is 0. The molecular formula is C28H25N3O2S2. The van der Waals surface area contributed by atoms with Gasteiger partial charge in [-0.3, -0.25) is 14.2 Å². The Morgan fingerprint density at radius 2 is 1.83 bits per heavy atom. The smallest absolute Gasteiger partial charge is 0.272 e. The molecule has 0 aliphatic carbocycles. The maximum absolute atomic E-state index is 13.7. The maximum Gasteiger partial charge on any atom is 0.272 e. The van der Waals surface area contributed by atoms with Crippen LogP contribution < -0.4 is 5.56 Å². The van der Waals surface area contributed by atoms with Gasteiger partial charge in [-0.1, -0.05) is 60.6 Å². The van der Waals surface area contributed by atoms with Gasteiger partial charge in [-0.2, -0.15) is 0 Å². The molecule has 0 atom stereocenters. The Balaban J connectivity index is 1.57. The zero-order valence-electron chi connectivity index (χ0n) is 19.9. The first-order valence-corrected chi connectivity index (χ1v) is 13.3. The van der Waals surface area contributed by atoms with Crippen molar-refractivity contribution in [1.82, 2.24) is 14.5 Å². The third kappa shape index (κ3) is 4.66. The van der Waals surface area contributed by atoms with E-state index in [4.69, 9.17) is 4.98 Å². The van der Waals surface area contributed by atoms with Crippen LogP contribution in [0.3, 0.4) is 0 Å². The van der Waals surface area contributed by atoms with Crippen LogP contribution in [0, 0.1) is 13.8 Å². The second-order valence-corrected chi connectivity index (χ2v) is 10.6. The van der Waals surface area contributed by atoms with Gasteiger partial charge in [0.05, 0.1) is 17.8 Å². The zero-order valence-corrected chi connectivity index (χ0v) is 21.5. The number of thioether (sulfide) groups is 1. The first-order chi connectivity index (χ1) is 16.9. The lowest BCUT2D eigenvalue weighted by Gasteiger charge is -2.13. The van der Waals surface area contributed by atoms with Crippen molar-refractivity contribution in [2.45, 2.75) is 38.9 Å². The summed E-state index contributed by atoms with van der Waals surface area (Å²) in [4.78, 5) is 36.9. The van der Waals surface area contributed by atoms with E-state index in [-0.39, 0.29) is 17.1 Å². The van der Waals surface area contributed by atoms with Crippen LogP contribution in [-0.2, 0) is 13.0 Å². The van der Waals surface area contributed by atoms with Gasteiger partial charge >= 0.3 is 0 Å². The van der Waals surface area contributed by atoms with E-state index in [0.717, 1.165) is 33.3 Å². The van der Waals surface area contributed by atoms with Crippen LogP contribution in [0.5, 0.6) is 0 Å². The molecule has 176 valence electrons. The predicted molar refractivity (Wildman–Crippen MR) is 145 cm³/mol. The number of aromatic nitrogens is 3. The van der Waals surface area contributed by atoms with E-state index in [1.165, 1.54) is 28.7 Å². The summed E-state index contributed by atoms with van der Waals surface area (Å²) in [6.07, 6.45) is 2.69. The van der Waals surface area contributed by atoms with Crippen molar-refractivity contribution in [1.29, 1.82) is 0 Å². The van der Waals surface area contributed by atoms with Crippen molar-refractivity contribution in [3.63, 3.8) is 0 Å². The Labute approximate surface area is 211 Å². The number of aryl methyl sites for hydroxylation is 3. The number of fused-ring (bicyclic) bond motifs is 3. The molecule has 0 N–H and O–H groups in total. The Morgan fingerprint density at radius 3 is 2.60 bits per heavy atom. The van der Waals surface area contributed by atoms with Gasteiger partial charge in [-0.25, -0.2) is 9.97 Å². The first kappa shape index (κ1) is 23.5. The zero-order chi connectivity index (χ0) is 24.5. The number of pyridine rings is 1. The van der Waals surface area contributed by atoms with Gasteiger partial charge < -0.3 is 0 Å². The van der Waals surface area contributed by atoms with E-state index in [9.17, 15) is 9.59 Å². The number of Topliss-reactive ketones (excluding diaryl/α,β-unsaturated/α-hetero) is 1. The second kappa shape index (κ2) is 9.76. The Bertz CT molecular complexity index is 1620. The summed E-state index contributed by atoms with van der Waals surface area (Å²) in [6, 6.07) is 18.0. The largest absolute Gasteiger partial charge is 0.293 e. The molecule has 0 aliphatic rings. The molecule has 3 heterocycles. The average molecular weight is 500 g/mol. The number of carbonyl (C=O) groups excluding carboxylic acids is 1. The number of benzene rings is 2. The fourth-order valence-electron chi connectivity index (χ4n) is 4.10. The highest BCUT2D eigenvalue weighted by Crippen LogP contribution is 2.31.